The van der Waals surface area contributed by atoms with E-state index in [0.717, 1.165) is 11.6 Å². The quantitative estimate of drug-likeness (QED) is 0.371. The highest BCUT2D eigenvalue weighted by atomic mass is 19.1. The smallest absolute Gasteiger partial charge is 0.252 e. The Morgan fingerprint density at radius 1 is 1.17 bits per heavy atom. The number of aliphatic hydroxyl groups excluding tert-OH is 1. The van der Waals surface area contributed by atoms with E-state index in [1.54, 1.807) is 12.1 Å². The zero-order valence-corrected chi connectivity index (χ0v) is 16.0. The van der Waals surface area contributed by atoms with Crippen molar-refractivity contribution in [1.82, 2.24) is 5.32 Å². The number of rotatable bonds is 6. The lowest BCUT2D eigenvalue weighted by Gasteiger charge is -2.08. The predicted octanol–water partition coefficient (Wildman–Crippen LogP) is 2.56. The maximum Gasteiger partial charge on any atom is 0.252 e. The molecule has 0 unspecified atom stereocenters. The summed E-state index contributed by atoms with van der Waals surface area (Å²) in [5, 5.41) is 17.7. The van der Waals surface area contributed by atoms with Crippen LogP contribution in [0.2, 0.25) is 0 Å². The summed E-state index contributed by atoms with van der Waals surface area (Å²) in [6.07, 6.45) is 0.351. The van der Waals surface area contributed by atoms with Crippen molar-refractivity contribution in [2.24, 2.45) is 11.5 Å². The van der Waals surface area contributed by atoms with E-state index in [0.29, 0.717) is 12.1 Å². The van der Waals surface area contributed by atoms with Crippen LogP contribution < -0.4 is 16.8 Å². The predicted molar refractivity (Wildman–Crippen MR) is 108 cm³/mol. The molecule has 0 saturated heterocycles. The van der Waals surface area contributed by atoms with Crippen LogP contribution in [0.15, 0.2) is 49.0 Å². The van der Waals surface area contributed by atoms with Crippen LogP contribution in [-0.4, -0.2) is 37.2 Å². The minimum absolute atomic E-state index is 0.0881. The average molecular weight is 410 g/mol. The lowest BCUT2D eigenvalue weighted by Crippen LogP contribution is -2.27. The Hall–Kier alpha value is -3.17. The van der Waals surface area contributed by atoms with E-state index in [9.17, 15) is 18.0 Å². The number of halogens is 3. The third kappa shape index (κ3) is 9.04. The normalized spacial score (nSPS) is 9.31. The van der Waals surface area contributed by atoms with Gasteiger partial charge in [-0.2, -0.15) is 4.39 Å². The number of carbonyl (C=O) groups excluding carboxylic acids is 1. The molecule has 0 aliphatic rings. The maximum atomic E-state index is 13.2. The molecule has 2 aromatic rings. The molecule has 0 saturated carbocycles. The fourth-order valence-electron chi connectivity index (χ4n) is 1.98. The van der Waals surface area contributed by atoms with Gasteiger partial charge in [-0.1, -0.05) is 24.8 Å². The number of nitrogens with one attached hydrogen (secondary N) is 2. The van der Waals surface area contributed by atoms with Crippen LogP contribution in [0.4, 0.5) is 13.2 Å². The summed E-state index contributed by atoms with van der Waals surface area (Å²) < 4.78 is 38.4. The van der Waals surface area contributed by atoms with Gasteiger partial charge < -0.3 is 21.9 Å². The van der Waals surface area contributed by atoms with Crippen molar-refractivity contribution in [2.45, 2.75) is 6.42 Å². The highest BCUT2D eigenvalue weighted by molar-refractivity contribution is 6.05. The van der Waals surface area contributed by atoms with E-state index in [1.807, 2.05) is 0 Å². The molecule has 7 N–H and O–H groups in total. The van der Waals surface area contributed by atoms with Crippen molar-refractivity contribution in [3.05, 3.63) is 77.4 Å². The Morgan fingerprint density at radius 3 is 2.24 bits per heavy atom. The van der Waals surface area contributed by atoms with Crippen LogP contribution >= 0.6 is 0 Å². The van der Waals surface area contributed by atoms with E-state index < -0.39 is 23.3 Å². The molecule has 6 nitrogen and oxygen atoms in total. The van der Waals surface area contributed by atoms with Crippen molar-refractivity contribution in [1.29, 1.82) is 5.41 Å². The largest absolute Gasteiger partial charge is 0.399 e. The first kappa shape index (κ1) is 25.8. The second kappa shape index (κ2) is 13.9. The molecule has 0 radical (unpaired) electrons. The van der Waals surface area contributed by atoms with Crippen molar-refractivity contribution in [2.75, 3.05) is 20.2 Å². The van der Waals surface area contributed by atoms with E-state index in [-0.39, 0.29) is 24.5 Å². The molecule has 29 heavy (non-hydrogen) atoms. The molecule has 0 aromatic heterocycles. The third-order valence-corrected chi connectivity index (χ3v) is 3.31. The van der Waals surface area contributed by atoms with Crippen molar-refractivity contribution >= 4 is 17.6 Å². The minimum Gasteiger partial charge on any atom is -0.399 e. The number of carbonyl (C=O) groups is 1. The van der Waals surface area contributed by atoms with Crippen LogP contribution in [0.1, 0.15) is 27.9 Å². The van der Waals surface area contributed by atoms with Gasteiger partial charge in [0.05, 0.1) is 11.1 Å². The van der Waals surface area contributed by atoms with Gasteiger partial charge in [0, 0.05) is 18.8 Å². The van der Waals surface area contributed by atoms with E-state index in [4.69, 9.17) is 16.2 Å². The van der Waals surface area contributed by atoms with Gasteiger partial charge in [0.1, 0.15) is 11.6 Å². The van der Waals surface area contributed by atoms with Gasteiger partial charge in [0.2, 0.25) is 5.97 Å². The number of benzene rings is 2. The maximum absolute atomic E-state index is 13.2. The van der Waals surface area contributed by atoms with Crippen molar-refractivity contribution in [3.63, 3.8) is 0 Å². The Balaban J connectivity index is 0.000000554. The van der Waals surface area contributed by atoms with Gasteiger partial charge in [-0.3, -0.25) is 10.2 Å². The fourth-order valence-corrected chi connectivity index (χ4v) is 1.98. The first-order valence-electron chi connectivity index (χ1n) is 8.48. The molecule has 9 heteroatoms. The summed E-state index contributed by atoms with van der Waals surface area (Å²) in [5.41, 5.74) is 10.2. The number of hydrogen-bond donors (Lipinski definition) is 5. The highest BCUT2D eigenvalue weighted by Crippen LogP contribution is 2.15. The summed E-state index contributed by atoms with van der Waals surface area (Å²) in [6, 6.07) is 9.38. The molecule has 0 fully saturated rings. The van der Waals surface area contributed by atoms with Gasteiger partial charge in [-0.05, 0) is 43.3 Å². The summed E-state index contributed by atoms with van der Waals surface area (Å²) in [4.78, 5) is 11.6. The van der Waals surface area contributed by atoms with Crippen molar-refractivity contribution < 1.29 is 23.1 Å². The van der Waals surface area contributed by atoms with E-state index >= 15 is 0 Å². The SMILES string of the molecule is C=C(N)c1ccc(F)cc1.CN.N=C(F)c1c(F)cccc1C(=O)NCCCO. The van der Waals surface area contributed by atoms with Crippen LogP contribution in [0.3, 0.4) is 0 Å². The lowest BCUT2D eigenvalue weighted by molar-refractivity contribution is 0.0950. The molecule has 0 atom stereocenters. The first-order valence-corrected chi connectivity index (χ1v) is 8.48. The summed E-state index contributed by atoms with van der Waals surface area (Å²) in [6.45, 7) is 3.62. The zero-order chi connectivity index (χ0) is 22.4. The van der Waals surface area contributed by atoms with Gasteiger partial charge in [-0.25, -0.2) is 8.78 Å². The summed E-state index contributed by atoms with van der Waals surface area (Å²) >= 11 is 0. The number of hydrogen-bond acceptors (Lipinski definition) is 5. The van der Waals surface area contributed by atoms with Gasteiger partial charge in [0.15, 0.2) is 0 Å². The molecule has 0 bridgehead atoms. The van der Waals surface area contributed by atoms with E-state index in [1.165, 1.54) is 31.3 Å². The second-order valence-electron chi connectivity index (χ2n) is 5.34. The monoisotopic (exact) mass is 410 g/mol. The molecular weight excluding hydrogens is 385 g/mol. The van der Waals surface area contributed by atoms with E-state index in [2.05, 4.69) is 17.6 Å². The standard InChI is InChI=1S/C11H12F2N2O2.C8H8FN.CH5N/c12-8-4-1-3-7(9(8)10(13)14)11(17)15-5-2-6-16;1-6(10)7-2-4-8(9)5-3-7;1-2/h1,3-4,14,16H,2,5-6H2,(H,15,17);2-5H,1,10H2;2H2,1H3. The fraction of sp³-hybridized carbons (Fsp3) is 0.200. The molecular formula is C20H25F3N4O2. The van der Waals surface area contributed by atoms with Gasteiger partial charge >= 0.3 is 0 Å². The van der Waals surface area contributed by atoms with Crippen LogP contribution in [0.5, 0.6) is 0 Å². The Bertz CT molecular complexity index is 812. The lowest BCUT2D eigenvalue weighted by atomic mass is 10.1. The number of amides is 1. The minimum atomic E-state index is -1.49. The molecule has 0 aliphatic heterocycles. The molecule has 0 aliphatic carbocycles. The first-order chi connectivity index (χ1) is 13.8. The van der Waals surface area contributed by atoms with Crippen LogP contribution in [0, 0.1) is 17.0 Å². The topological polar surface area (TPSA) is 125 Å². The Kier molecular flexibility index (Phi) is 12.4. The number of aliphatic hydroxyl groups is 1. The second-order valence-corrected chi connectivity index (χ2v) is 5.34. The van der Waals surface area contributed by atoms with Crippen LogP contribution in [-0.2, 0) is 0 Å². The summed E-state index contributed by atoms with van der Waals surface area (Å²) in [5.74, 6) is -3.37. The molecule has 2 rings (SSSR count). The zero-order valence-electron chi connectivity index (χ0n) is 16.0. The molecule has 1 amide bonds. The highest BCUT2D eigenvalue weighted by Gasteiger charge is 2.18. The third-order valence-electron chi connectivity index (χ3n) is 3.31. The van der Waals surface area contributed by atoms with Gasteiger partial charge in [-0.15, -0.1) is 0 Å². The molecule has 0 heterocycles. The Morgan fingerprint density at radius 2 is 1.76 bits per heavy atom. The van der Waals surface area contributed by atoms with Gasteiger partial charge in [0.25, 0.3) is 5.91 Å². The Labute approximate surface area is 167 Å². The molecule has 2 aromatic carbocycles. The van der Waals surface area contributed by atoms with Crippen molar-refractivity contribution in [3.8, 4) is 0 Å². The number of nitrogens with two attached hydrogens (primary N) is 2. The molecule has 158 valence electrons. The molecule has 0 spiro atoms. The average Bonchev–Trinajstić information content (AvgIpc) is 2.70. The van der Waals surface area contributed by atoms with Crippen LogP contribution in [0.25, 0.3) is 5.70 Å². The summed E-state index contributed by atoms with van der Waals surface area (Å²) in [7, 11) is 1.50.